The maximum absolute atomic E-state index is 14.5. The molecule has 0 aliphatic carbocycles. The fraction of sp³-hybridized carbons (Fsp3) is 0.226. The van der Waals surface area contributed by atoms with Crippen LogP contribution in [0.1, 0.15) is 43.0 Å². The van der Waals surface area contributed by atoms with Gasteiger partial charge in [-0.25, -0.2) is 9.59 Å². The van der Waals surface area contributed by atoms with Gasteiger partial charge in [-0.2, -0.15) is 5.26 Å². The SMILES string of the molecule is CC(C)(C)OC(=O)N[C@@]1(Cc2c(C#N)c(=O)oc3ccc(Cl)cc23)C(=O)N(Cc2ccccc2)c2ccccc21. The van der Waals surface area contributed by atoms with Crippen LogP contribution in [0.4, 0.5) is 10.5 Å². The van der Waals surface area contributed by atoms with E-state index in [1.165, 1.54) is 6.07 Å². The quantitative estimate of drug-likeness (QED) is 0.310. The molecule has 3 aromatic carbocycles. The average molecular weight is 556 g/mol. The van der Waals surface area contributed by atoms with Crippen molar-refractivity contribution in [3.8, 4) is 6.07 Å². The van der Waals surface area contributed by atoms with E-state index in [-0.39, 0.29) is 29.7 Å². The molecule has 0 saturated carbocycles. The number of hydrogen-bond acceptors (Lipinski definition) is 6. The van der Waals surface area contributed by atoms with Crippen molar-refractivity contribution in [1.29, 1.82) is 5.26 Å². The van der Waals surface area contributed by atoms with Gasteiger partial charge in [0.2, 0.25) is 0 Å². The number of ether oxygens (including phenoxy) is 1. The van der Waals surface area contributed by atoms with Crippen LogP contribution < -0.4 is 15.8 Å². The molecular weight excluding hydrogens is 530 g/mol. The van der Waals surface area contributed by atoms with Crippen LogP contribution in [-0.4, -0.2) is 17.6 Å². The van der Waals surface area contributed by atoms with Crippen LogP contribution in [0.3, 0.4) is 0 Å². The second-order valence-corrected chi connectivity index (χ2v) is 11.0. The molecular formula is C31H26ClN3O5. The van der Waals surface area contributed by atoms with Crippen LogP contribution in [0.25, 0.3) is 11.0 Å². The minimum Gasteiger partial charge on any atom is -0.444 e. The molecule has 1 aliphatic heterocycles. The lowest BCUT2D eigenvalue weighted by Crippen LogP contribution is -2.55. The van der Waals surface area contributed by atoms with Gasteiger partial charge >= 0.3 is 11.7 Å². The van der Waals surface area contributed by atoms with Crippen molar-refractivity contribution >= 4 is 40.3 Å². The summed E-state index contributed by atoms with van der Waals surface area (Å²) in [6.45, 7) is 5.40. The molecule has 0 fully saturated rings. The molecule has 1 aliphatic rings. The second-order valence-electron chi connectivity index (χ2n) is 10.6. The number of para-hydroxylation sites is 1. The zero-order valence-electron chi connectivity index (χ0n) is 22.2. The fourth-order valence-electron chi connectivity index (χ4n) is 5.06. The molecule has 40 heavy (non-hydrogen) atoms. The number of anilines is 1. The number of carbonyl (C=O) groups is 2. The first kappa shape index (κ1) is 27.0. The Morgan fingerprint density at radius 1 is 1.07 bits per heavy atom. The van der Waals surface area contributed by atoms with E-state index in [1.807, 2.05) is 36.4 Å². The van der Waals surface area contributed by atoms with E-state index in [0.717, 1.165) is 5.56 Å². The number of nitrogens with zero attached hydrogens (tertiary/aromatic N) is 2. The monoisotopic (exact) mass is 555 g/mol. The van der Waals surface area contributed by atoms with Crippen molar-refractivity contribution in [3.05, 3.63) is 110 Å². The summed E-state index contributed by atoms with van der Waals surface area (Å²) in [5, 5.41) is 13.6. The van der Waals surface area contributed by atoms with Gasteiger partial charge in [0.05, 0.1) is 12.2 Å². The summed E-state index contributed by atoms with van der Waals surface area (Å²) < 4.78 is 11.0. The third-order valence-electron chi connectivity index (χ3n) is 6.69. The van der Waals surface area contributed by atoms with Crippen LogP contribution in [0.5, 0.6) is 0 Å². The van der Waals surface area contributed by atoms with Crippen LogP contribution in [0.15, 0.2) is 82.0 Å². The molecule has 4 aromatic rings. The van der Waals surface area contributed by atoms with Crippen molar-refractivity contribution in [2.75, 3.05) is 4.90 Å². The van der Waals surface area contributed by atoms with Crippen molar-refractivity contribution in [3.63, 3.8) is 0 Å². The van der Waals surface area contributed by atoms with Gasteiger partial charge in [0, 0.05) is 22.4 Å². The minimum absolute atomic E-state index is 0.204. The number of carbonyl (C=O) groups excluding carboxylic acids is 2. The average Bonchev–Trinajstić information content (AvgIpc) is 3.11. The molecule has 2 amide bonds. The Morgan fingerprint density at radius 3 is 2.48 bits per heavy atom. The van der Waals surface area contributed by atoms with Crippen molar-refractivity contribution < 1.29 is 18.7 Å². The Balaban J connectivity index is 1.74. The summed E-state index contributed by atoms with van der Waals surface area (Å²) >= 11 is 6.29. The molecule has 1 atom stereocenters. The predicted octanol–water partition coefficient (Wildman–Crippen LogP) is 5.83. The Kier molecular flexibility index (Phi) is 6.86. The number of rotatable bonds is 5. The van der Waals surface area contributed by atoms with Crippen LogP contribution in [0, 0.1) is 11.3 Å². The Hall–Kier alpha value is -4.61. The Morgan fingerprint density at radius 2 is 1.77 bits per heavy atom. The van der Waals surface area contributed by atoms with Gasteiger partial charge in [0.25, 0.3) is 5.91 Å². The van der Waals surface area contributed by atoms with Crippen LogP contribution >= 0.6 is 11.6 Å². The number of amides is 2. The van der Waals surface area contributed by atoms with Crippen molar-refractivity contribution in [2.24, 2.45) is 0 Å². The molecule has 2 heterocycles. The summed E-state index contributed by atoms with van der Waals surface area (Å²) in [6.07, 6.45) is -1.04. The molecule has 0 spiro atoms. The lowest BCUT2D eigenvalue weighted by atomic mass is 9.82. The Bertz CT molecular complexity index is 1740. The van der Waals surface area contributed by atoms with E-state index in [9.17, 15) is 19.6 Å². The standard InChI is InChI=1S/C31H26ClN3O5/c1-30(2,3)40-29(38)34-31(16-22-21-15-20(32)13-14-26(21)39-27(36)23(22)17-33)24-11-7-8-12-25(24)35(28(31)37)18-19-9-5-4-6-10-19/h4-15H,16,18H2,1-3H3,(H,34,38)/t31-/m1/s1. The first-order valence-corrected chi connectivity index (χ1v) is 13.0. The summed E-state index contributed by atoms with van der Waals surface area (Å²) in [5.41, 5.74) is -1.25. The number of hydrogen-bond donors (Lipinski definition) is 1. The van der Waals surface area contributed by atoms with E-state index in [2.05, 4.69) is 5.32 Å². The first-order chi connectivity index (χ1) is 19.0. The van der Waals surface area contributed by atoms with Gasteiger partial charge in [-0.1, -0.05) is 60.1 Å². The summed E-state index contributed by atoms with van der Waals surface area (Å²) in [6, 6.07) is 23.2. The summed E-state index contributed by atoms with van der Waals surface area (Å²) in [7, 11) is 0. The Labute approximate surface area is 235 Å². The first-order valence-electron chi connectivity index (χ1n) is 12.6. The smallest absolute Gasteiger partial charge is 0.408 e. The molecule has 1 N–H and O–H groups in total. The predicted molar refractivity (Wildman–Crippen MR) is 151 cm³/mol. The van der Waals surface area contributed by atoms with Gasteiger partial charge in [-0.15, -0.1) is 0 Å². The highest BCUT2D eigenvalue weighted by Crippen LogP contribution is 2.44. The zero-order chi connectivity index (χ0) is 28.7. The van der Waals surface area contributed by atoms with Gasteiger partial charge in [0.1, 0.15) is 22.8 Å². The van der Waals surface area contributed by atoms with E-state index in [0.29, 0.717) is 21.7 Å². The maximum atomic E-state index is 14.5. The molecule has 202 valence electrons. The lowest BCUT2D eigenvalue weighted by molar-refractivity contribution is -0.124. The minimum atomic E-state index is -1.71. The number of nitriles is 1. The molecule has 0 unspecified atom stereocenters. The van der Waals surface area contributed by atoms with Crippen molar-refractivity contribution in [1.82, 2.24) is 5.32 Å². The molecule has 1 aromatic heterocycles. The number of alkyl carbamates (subject to hydrolysis) is 1. The summed E-state index contributed by atoms with van der Waals surface area (Å²) in [5.74, 6) is -0.435. The second kappa shape index (κ2) is 10.2. The number of nitrogens with one attached hydrogen (secondary N) is 1. The van der Waals surface area contributed by atoms with Gasteiger partial charge in [-0.05, 0) is 56.2 Å². The van der Waals surface area contributed by atoms with Crippen LogP contribution in [0.2, 0.25) is 5.02 Å². The van der Waals surface area contributed by atoms with Gasteiger partial charge < -0.3 is 19.4 Å². The van der Waals surface area contributed by atoms with E-state index < -0.39 is 28.8 Å². The highest BCUT2D eigenvalue weighted by atomic mass is 35.5. The van der Waals surface area contributed by atoms with Crippen molar-refractivity contribution in [2.45, 2.75) is 44.9 Å². The molecule has 9 heteroatoms. The van der Waals surface area contributed by atoms with Crippen LogP contribution in [-0.2, 0) is 28.0 Å². The topological polar surface area (TPSA) is 113 Å². The van der Waals surface area contributed by atoms with Gasteiger partial charge in [0.15, 0.2) is 5.54 Å². The van der Waals surface area contributed by atoms with E-state index in [4.69, 9.17) is 20.8 Å². The molecule has 0 radical (unpaired) electrons. The number of halogens is 1. The highest BCUT2D eigenvalue weighted by molar-refractivity contribution is 6.31. The molecule has 8 nitrogen and oxygen atoms in total. The normalized spacial score (nSPS) is 16.5. The van der Waals surface area contributed by atoms with E-state index >= 15 is 0 Å². The third-order valence-corrected chi connectivity index (χ3v) is 6.93. The molecule has 0 saturated heterocycles. The summed E-state index contributed by atoms with van der Waals surface area (Å²) in [4.78, 5) is 42.3. The largest absolute Gasteiger partial charge is 0.444 e. The highest BCUT2D eigenvalue weighted by Gasteiger charge is 2.53. The maximum Gasteiger partial charge on any atom is 0.408 e. The van der Waals surface area contributed by atoms with Gasteiger partial charge in [-0.3, -0.25) is 4.79 Å². The van der Waals surface area contributed by atoms with E-state index in [1.54, 1.807) is 62.1 Å². The molecule has 5 rings (SSSR count). The fourth-order valence-corrected chi connectivity index (χ4v) is 5.23. The number of fused-ring (bicyclic) bond motifs is 2. The number of benzene rings is 3. The third kappa shape index (κ3) is 4.92. The zero-order valence-corrected chi connectivity index (χ0v) is 22.9. The lowest BCUT2D eigenvalue weighted by Gasteiger charge is -2.32. The molecule has 0 bridgehead atoms.